The van der Waals surface area contributed by atoms with Crippen LogP contribution < -0.4 is 10.6 Å². The molecule has 1 unspecified atom stereocenters. The lowest BCUT2D eigenvalue weighted by atomic mass is 10.1. The molecule has 136 valence electrons. The van der Waals surface area contributed by atoms with Crippen LogP contribution in [0.15, 0.2) is 35.6 Å². The minimum Gasteiger partial charge on any atom is -0.357 e. The minimum atomic E-state index is 0. The van der Waals surface area contributed by atoms with Crippen LogP contribution >= 0.6 is 24.0 Å². The molecule has 1 aromatic heterocycles. The van der Waals surface area contributed by atoms with Crippen LogP contribution in [0.1, 0.15) is 30.3 Å². The van der Waals surface area contributed by atoms with Crippen molar-refractivity contribution in [3.05, 3.63) is 47.5 Å². The summed E-state index contributed by atoms with van der Waals surface area (Å²) in [5, 5.41) is 11.1. The SMILES string of the molecule is CCNC(=NCCc1ccc(C)cc1)NC1CCc2ncnn2C1.I. The van der Waals surface area contributed by atoms with E-state index in [9.17, 15) is 0 Å². The molecule has 0 saturated heterocycles. The lowest BCUT2D eigenvalue weighted by molar-refractivity contribution is 0.393. The van der Waals surface area contributed by atoms with E-state index in [2.05, 4.69) is 58.8 Å². The van der Waals surface area contributed by atoms with E-state index in [1.807, 2.05) is 4.68 Å². The van der Waals surface area contributed by atoms with Crippen LogP contribution in [0.4, 0.5) is 0 Å². The molecule has 0 spiro atoms. The Kier molecular flexibility index (Phi) is 7.67. The van der Waals surface area contributed by atoms with E-state index in [0.29, 0.717) is 6.04 Å². The first-order chi connectivity index (χ1) is 11.7. The van der Waals surface area contributed by atoms with Crippen molar-refractivity contribution in [3.63, 3.8) is 0 Å². The Morgan fingerprint density at radius 1 is 1.32 bits per heavy atom. The normalized spacial score (nSPS) is 16.7. The number of nitrogens with zero attached hydrogens (tertiary/aromatic N) is 4. The molecule has 0 saturated carbocycles. The highest BCUT2D eigenvalue weighted by molar-refractivity contribution is 14.0. The average Bonchev–Trinajstić information content (AvgIpc) is 3.04. The van der Waals surface area contributed by atoms with Gasteiger partial charge in [0.05, 0.1) is 6.54 Å². The van der Waals surface area contributed by atoms with E-state index in [0.717, 1.165) is 50.7 Å². The van der Waals surface area contributed by atoms with Crippen LogP contribution in [0, 0.1) is 6.92 Å². The minimum absolute atomic E-state index is 0. The molecule has 1 aliphatic heterocycles. The maximum Gasteiger partial charge on any atom is 0.191 e. The van der Waals surface area contributed by atoms with Crippen molar-refractivity contribution in [3.8, 4) is 0 Å². The van der Waals surface area contributed by atoms with Gasteiger partial charge in [-0.2, -0.15) is 5.10 Å². The fourth-order valence-electron chi connectivity index (χ4n) is 2.92. The summed E-state index contributed by atoms with van der Waals surface area (Å²) in [6.07, 6.45) is 4.61. The van der Waals surface area contributed by atoms with Gasteiger partial charge in [-0.1, -0.05) is 29.8 Å². The monoisotopic (exact) mass is 454 g/mol. The van der Waals surface area contributed by atoms with Crippen molar-refractivity contribution in [1.82, 2.24) is 25.4 Å². The Bertz CT molecular complexity index is 679. The highest BCUT2D eigenvalue weighted by Crippen LogP contribution is 2.11. The molecule has 0 amide bonds. The first kappa shape index (κ1) is 19.7. The molecule has 2 heterocycles. The molecule has 1 aliphatic rings. The number of aryl methyl sites for hydroxylation is 2. The molecule has 0 fully saturated rings. The first-order valence-electron chi connectivity index (χ1n) is 8.71. The molecule has 0 bridgehead atoms. The van der Waals surface area contributed by atoms with Gasteiger partial charge in [0.1, 0.15) is 12.2 Å². The smallest absolute Gasteiger partial charge is 0.191 e. The number of guanidine groups is 1. The van der Waals surface area contributed by atoms with Crippen molar-refractivity contribution in [2.24, 2.45) is 4.99 Å². The van der Waals surface area contributed by atoms with Gasteiger partial charge in [-0.25, -0.2) is 9.67 Å². The van der Waals surface area contributed by atoms with Crippen molar-refractivity contribution in [2.75, 3.05) is 13.1 Å². The van der Waals surface area contributed by atoms with Crippen molar-refractivity contribution < 1.29 is 0 Å². The predicted molar refractivity (Wildman–Crippen MR) is 112 cm³/mol. The molecule has 1 aromatic carbocycles. The summed E-state index contributed by atoms with van der Waals surface area (Å²) < 4.78 is 1.98. The van der Waals surface area contributed by atoms with E-state index >= 15 is 0 Å². The Balaban J connectivity index is 0.00000225. The van der Waals surface area contributed by atoms with E-state index in [-0.39, 0.29) is 24.0 Å². The van der Waals surface area contributed by atoms with Crippen LogP contribution in [0.5, 0.6) is 0 Å². The van der Waals surface area contributed by atoms with Crippen LogP contribution in [0.3, 0.4) is 0 Å². The van der Waals surface area contributed by atoms with E-state index < -0.39 is 0 Å². The van der Waals surface area contributed by atoms with Gasteiger partial charge in [0.15, 0.2) is 5.96 Å². The molecule has 0 aliphatic carbocycles. The number of benzene rings is 1. The van der Waals surface area contributed by atoms with E-state index in [1.165, 1.54) is 11.1 Å². The predicted octanol–water partition coefficient (Wildman–Crippen LogP) is 2.32. The molecule has 3 rings (SSSR count). The molecule has 25 heavy (non-hydrogen) atoms. The molecule has 0 radical (unpaired) electrons. The number of rotatable bonds is 5. The van der Waals surface area contributed by atoms with Gasteiger partial charge in [0, 0.05) is 25.6 Å². The average molecular weight is 454 g/mol. The van der Waals surface area contributed by atoms with Crippen molar-refractivity contribution >= 4 is 29.9 Å². The standard InChI is InChI=1S/C18H26N6.HI/c1-3-19-18(20-11-10-15-6-4-14(2)5-7-15)23-16-8-9-17-21-13-22-24(17)12-16;/h4-7,13,16H,3,8-12H2,1-2H3,(H2,19,20,23);1H. The molecule has 6 nitrogen and oxygen atoms in total. The van der Waals surface area contributed by atoms with Gasteiger partial charge >= 0.3 is 0 Å². The number of aliphatic imine (C=N–C) groups is 1. The maximum atomic E-state index is 4.72. The zero-order valence-electron chi connectivity index (χ0n) is 14.9. The summed E-state index contributed by atoms with van der Waals surface area (Å²) in [6, 6.07) is 9.01. The van der Waals surface area contributed by atoms with Gasteiger partial charge in [0.25, 0.3) is 0 Å². The molecule has 7 heteroatoms. The van der Waals surface area contributed by atoms with Crippen LogP contribution in [-0.4, -0.2) is 39.9 Å². The number of hydrogen-bond donors (Lipinski definition) is 2. The number of fused-ring (bicyclic) bond motifs is 1. The second-order valence-corrected chi connectivity index (χ2v) is 6.23. The molecule has 2 N–H and O–H groups in total. The lowest BCUT2D eigenvalue weighted by Gasteiger charge is -2.25. The van der Waals surface area contributed by atoms with Gasteiger partial charge in [0.2, 0.25) is 0 Å². The summed E-state index contributed by atoms with van der Waals surface area (Å²) >= 11 is 0. The molecule has 1 atom stereocenters. The Morgan fingerprint density at radius 3 is 2.88 bits per heavy atom. The quantitative estimate of drug-likeness (QED) is 0.414. The zero-order chi connectivity index (χ0) is 16.8. The number of nitrogens with one attached hydrogen (secondary N) is 2. The van der Waals surface area contributed by atoms with E-state index in [4.69, 9.17) is 4.99 Å². The largest absolute Gasteiger partial charge is 0.357 e. The van der Waals surface area contributed by atoms with Gasteiger partial charge in [-0.15, -0.1) is 24.0 Å². The fraction of sp³-hybridized carbons (Fsp3) is 0.500. The Labute approximate surface area is 166 Å². The van der Waals surface area contributed by atoms with Crippen LogP contribution in [0.2, 0.25) is 0 Å². The number of halogens is 1. The fourth-order valence-corrected chi connectivity index (χ4v) is 2.92. The number of aromatic nitrogens is 3. The maximum absolute atomic E-state index is 4.72. The van der Waals surface area contributed by atoms with Crippen LogP contribution in [0.25, 0.3) is 0 Å². The third-order valence-electron chi connectivity index (χ3n) is 4.28. The third-order valence-corrected chi connectivity index (χ3v) is 4.28. The van der Waals surface area contributed by atoms with Crippen LogP contribution in [-0.2, 0) is 19.4 Å². The molecule has 2 aromatic rings. The zero-order valence-corrected chi connectivity index (χ0v) is 17.2. The summed E-state index contributed by atoms with van der Waals surface area (Å²) in [7, 11) is 0. The van der Waals surface area contributed by atoms with Crippen molar-refractivity contribution in [2.45, 2.75) is 45.7 Å². The van der Waals surface area contributed by atoms with Gasteiger partial charge < -0.3 is 10.6 Å². The molecular formula is C18H27IN6. The summed E-state index contributed by atoms with van der Waals surface area (Å²) in [6.45, 7) is 6.68. The van der Waals surface area contributed by atoms with Crippen molar-refractivity contribution in [1.29, 1.82) is 0 Å². The highest BCUT2D eigenvalue weighted by Gasteiger charge is 2.20. The summed E-state index contributed by atoms with van der Waals surface area (Å²) in [5.74, 6) is 1.97. The second kappa shape index (κ2) is 9.74. The number of hydrogen-bond acceptors (Lipinski definition) is 3. The molecular weight excluding hydrogens is 427 g/mol. The third kappa shape index (κ3) is 5.69. The highest BCUT2D eigenvalue weighted by atomic mass is 127. The first-order valence-corrected chi connectivity index (χ1v) is 8.71. The van der Waals surface area contributed by atoms with Gasteiger partial charge in [-0.3, -0.25) is 4.99 Å². The Hall–Kier alpha value is -1.64. The lowest BCUT2D eigenvalue weighted by Crippen LogP contribution is -2.47. The van der Waals surface area contributed by atoms with Gasteiger partial charge in [-0.05, 0) is 32.3 Å². The van der Waals surface area contributed by atoms with E-state index in [1.54, 1.807) is 6.33 Å². The second-order valence-electron chi connectivity index (χ2n) is 6.23. The summed E-state index contributed by atoms with van der Waals surface area (Å²) in [5.41, 5.74) is 2.62. The Morgan fingerprint density at radius 2 is 2.12 bits per heavy atom. The summed E-state index contributed by atoms with van der Waals surface area (Å²) in [4.78, 5) is 8.99. The topological polar surface area (TPSA) is 67.1 Å².